The summed E-state index contributed by atoms with van der Waals surface area (Å²) in [6.07, 6.45) is 3.83. The third kappa shape index (κ3) is 7.77. The molecule has 0 saturated heterocycles. The average Bonchev–Trinajstić information content (AvgIpc) is 2.32. The zero-order valence-electron chi connectivity index (χ0n) is 12.9. The van der Waals surface area contributed by atoms with Crippen molar-refractivity contribution in [3.63, 3.8) is 0 Å². The van der Waals surface area contributed by atoms with Gasteiger partial charge in [0.1, 0.15) is 0 Å². The summed E-state index contributed by atoms with van der Waals surface area (Å²) in [6, 6.07) is 1.30. The molecule has 2 nitrogen and oxygen atoms in total. The van der Waals surface area contributed by atoms with Crippen molar-refractivity contribution < 1.29 is 0 Å². The molecule has 0 bridgehead atoms. The highest BCUT2D eigenvalue weighted by molar-refractivity contribution is 4.72. The van der Waals surface area contributed by atoms with E-state index in [0.29, 0.717) is 12.1 Å². The van der Waals surface area contributed by atoms with E-state index in [-0.39, 0.29) is 0 Å². The number of hydrogen-bond donors (Lipinski definition) is 1. The van der Waals surface area contributed by atoms with Gasteiger partial charge < -0.3 is 5.32 Å². The van der Waals surface area contributed by atoms with Gasteiger partial charge in [-0.05, 0) is 32.7 Å². The second kappa shape index (κ2) is 9.90. The molecule has 0 saturated carbocycles. The molecular weight excluding hydrogens is 208 g/mol. The molecule has 0 aliphatic carbocycles. The summed E-state index contributed by atoms with van der Waals surface area (Å²) in [7, 11) is 0. The highest BCUT2D eigenvalue weighted by atomic mass is 15.2. The first-order valence-corrected chi connectivity index (χ1v) is 7.52. The normalized spacial score (nSPS) is 17.1. The maximum atomic E-state index is 3.65. The van der Waals surface area contributed by atoms with Crippen molar-refractivity contribution in [2.24, 2.45) is 5.92 Å². The summed E-state index contributed by atoms with van der Waals surface area (Å²) in [5, 5.41) is 3.65. The predicted octanol–water partition coefficient (Wildman–Crippen LogP) is 3.52. The Labute approximate surface area is 109 Å². The first-order chi connectivity index (χ1) is 8.04. The topological polar surface area (TPSA) is 15.3 Å². The van der Waals surface area contributed by atoms with E-state index in [0.717, 1.165) is 19.0 Å². The van der Waals surface area contributed by atoms with Crippen molar-refractivity contribution in [3.05, 3.63) is 0 Å². The van der Waals surface area contributed by atoms with Gasteiger partial charge in [0.25, 0.3) is 0 Å². The number of rotatable bonds is 10. The molecule has 0 aliphatic rings. The molecule has 104 valence electrons. The molecule has 0 aliphatic heterocycles. The molecule has 3 atom stereocenters. The minimum Gasteiger partial charge on any atom is -0.313 e. The zero-order valence-corrected chi connectivity index (χ0v) is 12.9. The zero-order chi connectivity index (χ0) is 13.3. The van der Waals surface area contributed by atoms with Crippen LogP contribution in [-0.2, 0) is 0 Å². The Morgan fingerprint density at radius 3 is 2.18 bits per heavy atom. The van der Waals surface area contributed by atoms with Gasteiger partial charge in [0, 0.05) is 25.2 Å². The number of nitrogens with one attached hydrogen (secondary N) is 1. The minimum atomic E-state index is 0.647. The summed E-state index contributed by atoms with van der Waals surface area (Å²) in [5.41, 5.74) is 0. The Balaban J connectivity index is 3.94. The Bertz CT molecular complexity index is 170. The van der Waals surface area contributed by atoms with Crippen LogP contribution in [0.2, 0.25) is 0 Å². The van der Waals surface area contributed by atoms with Crippen molar-refractivity contribution in [3.8, 4) is 0 Å². The van der Waals surface area contributed by atoms with Crippen LogP contribution in [-0.4, -0.2) is 36.6 Å². The van der Waals surface area contributed by atoms with Crippen molar-refractivity contribution >= 4 is 0 Å². The van der Waals surface area contributed by atoms with E-state index >= 15 is 0 Å². The molecule has 0 aromatic rings. The molecule has 0 aromatic carbocycles. The summed E-state index contributed by atoms with van der Waals surface area (Å²) in [6.45, 7) is 17.3. The van der Waals surface area contributed by atoms with Crippen LogP contribution in [0.25, 0.3) is 0 Å². The lowest BCUT2D eigenvalue weighted by Gasteiger charge is -2.31. The predicted molar refractivity (Wildman–Crippen MR) is 78.5 cm³/mol. The fraction of sp³-hybridized carbons (Fsp3) is 1.00. The molecule has 0 rings (SSSR count). The van der Waals surface area contributed by atoms with Gasteiger partial charge in [-0.15, -0.1) is 0 Å². The Morgan fingerprint density at radius 1 is 1.06 bits per heavy atom. The largest absolute Gasteiger partial charge is 0.313 e. The fourth-order valence-electron chi connectivity index (χ4n) is 2.19. The van der Waals surface area contributed by atoms with E-state index < -0.39 is 0 Å². The molecule has 0 aromatic heterocycles. The summed E-state index contributed by atoms with van der Waals surface area (Å²) < 4.78 is 0. The standard InChI is InChI=1S/C15H34N2/c1-7-10-14(5)16-11-15(6)17(9-3)12-13(4)8-2/h13-16H,7-12H2,1-6H3. The van der Waals surface area contributed by atoms with E-state index in [2.05, 4.69) is 51.8 Å². The van der Waals surface area contributed by atoms with Gasteiger partial charge in [-0.1, -0.05) is 40.5 Å². The molecule has 0 spiro atoms. The van der Waals surface area contributed by atoms with E-state index in [1.807, 2.05) is 0 Å². The van der Waals surface area contributed by atoms with E-state index in [1.165, 1.54) is 25.8 Å². The van der Waals surface area contributed by atoms with Crippen molar-refractivity contribution in [2.75, 3.05) is 19.6 Å². The van der Waals surface area contributed by atoms with Crippen LogP contribution in [0.5, 0.6) is 0 Å². The molecular formula is C15H34N2. The second-order valence-electron chi connectivity index (χ2n) is 5.55. The van der Waals surface area contributed by atoms with Gasteiger partial charge in [-0.2, -0.15) is 0 Å². The summed E-state index contributed by atoms with van der Waals surface area (Å²) in [5.74, 6) is 0.811. The first-order valence-electron chi connectivity index (χ1n) is 7.52. The maximum absolute atomic E-state index is 3.65. The second-order valence-corrected chi connectivity index (χ2v) is 5.55. The van der Waals surface area contributed by atoms with Gasteiger partial charge in [0.15, 0.2) is 0 Å². The third-order valence-corrected chi connectivity index (χ3v) is 3.76. The van der Waals surface area contributed by atoms with Crippen LogP contribution < -0.4 is 5.32 Å². The Morgan fingerprint density at radius 2 is 1.71 bits per heavy atom. The SMILES string of the molecule is CCCC(C)NCC(C)N(CC)CC(C)CC. The minimum absolute atomic E-state index is 0.647. The molecule has 17 heavy (non-hydrogen) atoms. The van der Waals surface area contributed by atoms with Crippen LogP contribution in [0.15, 0.2) is 0 Å². The summed E-state index contributed by atoms with van der Waals surface area (Å²) >= 11 is 0. The molecule has 0 radical (unpaired) electrons. The van der Waals surface area contributed by atoms with Crippen molar-refractivity contribution in [2.45, 2.75) is 72.9 Å². The Hall–Kier alpha value is -0.0800. The molecule has 2 heteroatoms. The molecule has 1 N–H and O–H groups in total. The average molecular weight is 242 g/mol. The van der Waals surface area contributed by atoms with Gasteiger partial charge >= 0.3 is 0 Å². The lowest BCUT2D eigenvalue weighted by molar-refractivity contribution is 0.182. The van der Waals surface area contributed by atoms with Crippen molar-refractivity contribution in [1.29, 1.82) is 0 Å². The van der Waals surface area contributed by atoms with Gasteiger partial charge in [-0.3, -0.25) is 4.90 Å². The van der Waals surface area contributed by atoms with Gasteiger partial charge in [-0.25, -0.2) is 0 Å². The van der Waals surface area contributed by atoms with Gasteiger partial charge in [0.05, 0.1) is 0 Å². The van der Waals surface area contributed by atoms with Gasteiger partial charge in [0.2, 0.25) is 0 Å². The highest BCUT2D eigenvalue weighted by Gasteiger charge is 2.14. The molecule has 3 unspecified atom stereocenters. The molecule has 0 heterocycles. The van der Waals surface area contributed by atoms with E-state index in [1.54, 1.807) is 0 Å². The lowest BCUT2D eigenvalue weighted by Crippen LogP contribution is -2.44. The van der Waals surface area contributed by atoms with E-state index in [4.69, 9.17) is 0 Å². The van der Waals surface area contributed by atoms with E-state index in [9.17, 15) is 0 Å². The number of nitrogens with zero attached hydrogens (tertiary/aromatic N) is 1. The smallest absolute Gasteiger partial charge is 0.0192 e. The summed E-state index contributed by atoms with van der Waals surface area (Å²) in [4.78, 5) is 2.60. The third-order valence-electron chi connectivity index (χ3n) is 3.76. The van der Waals surface area contributed by atoms with Crippen LogP contribution in [0.3, 0.4) is 0 Å². The fourth-order valence-corrected chi connectivity index (χ4v) is 2.19. The van der Waals surface area contributed by atoms with Crippen LogP contribution in [0, 0.1) is 5.92 Å². The van der Waals surface area contributed by atoms with Crippen LogP contribution in [0.4, 0.5) is 0 Å². The first kappa shape index (κ1) is 16.9. The molecule has 0 amide bonds. The quantitative estimate of drug-likeness (QED) is 0.630. The molecule has 0 fully saturated rings. The monoisotopic (exact) mass is 242 g/mol. The number of hydrogen-bond acceptors (Lipinski definition) is 2. The van der Waals surface area contributed by atoms with Crippen LogP contribution >= 0.6 is 0 Å². The Kier molecular flexibility index (Phi) is 9.85. The lowest BCUT2D eigenvalue weighted by atomic mass is 10.1. The maximum Gasteiger partial charge on any atom is 0.0192 e. The number of likely N-dealkylation sites (N-methyl/N-ethyl adjacent to an activating group) is 1. The van der Waals surface area contributed by atoms with Crippen molar-refractivity contribution in [1.82, 2.24) is 10.2 Å². The highest BCUT2D eigenvalue weighted by Crippen LogP contribution is 2.07. The van der Waals surface area contributed by atoms with Crippen LogP contribution in [0.1, 0.15) is 60.8 Å².